The summed E-state index contributed by atoms with van der Waals surface area (Å²) in [5.41, 5.74) is 7.23. The van der Waals surface area contributed by atoms with E-state index in [1.165, 1.54) is 23.9 Å². The van der Waals surface area contributed by atoms with E-state index in [2.05, 4.69) is 46.1 Å². The second-order valence-electron chi connectivity index (χ2n) is 10.9. The molecule has 7 nitrogen and oxygen atoms in total. The molecule has 2 heterocycles. The minimum atomic E-state index is -4.73. The van der Waals surface area contributed by atoms with Crippen LogP contribution >= 0.6 is 24.0 Å². The number of thioether (sulfide) groups is 1. The van der Waals surface area contributed by atoms with Crippen molar-refractivity contribution in [2.75, 3.05) is 17.2 Å². The van der Waals surface area contributed by atoms with E-state index in [0.717, 1.165) is 44.9 Å². The van der Waals surface area contributed by atoms with Crippen LogP contribution in [0.1, 0.15) is 36.5 Å². The summed E-state index contributed by atoms with van der Waals surface area (Å²) >= 11 is 6.90. The second kappa shape index (κ2) is 13.5. The van der Waals surface area contributed by atoms with Crippen LogP contribution in [0.5, 0.6) is 5.75 Å². The van der Waals surface area contributed by atoms with Gasteiger partial charge < -0.3 is 10.1 Å². The molecule has 0 atom stereocenters. The van der Waals surface area contributed by atoms with Gasteiger partial charge in [-0.25, -0.2) is 0 Å². The third kappa shape index (κ3) is 7.93. The standard InChI is InChI=1S/C33H32F3N5O2S2/c1-20(2)26-14-5-21(3)17-29(26)41-30(42)19-45-32(41)38-31(44)37-16-15-22-6-8-23(9-7-22)27-18-28(40(4)39-27)24-10-12-25(13-11-24)43-33(34,35)36/h5-14,17-18,20H,15-16,19H2,1-4H3,(H,37,44). The van der Waals surface area contributed by atoms with Crippen LogP contribution < -0.4 is 15.0 Å². The van der Waals surface area contributed by atoms with Gasteiger partial charge in [0.15, 0.2) is 10.3 Å². The number of alkyl halides is 3. The quantitative estimate of drug-likeness (QED) is 0.198. The first-order valence-corrected chi connectivity index (χ1v) is 15.7. The lowest BCUT2D eigenvalue weighted by molar-refractivity contribution is -0.274. The Morgan fingerprint density at radius 3 is 2.42 bits per heavy atom. The van der Waals surface area contributed by atoms with Crippen LogP contribution in [-0.4, -0.2) is 44.6 Å². The van der Waals surface area contributed by atoms with Crippen molar-refractivity contribution in [2.45, 2.75) is 39.5 Å². The molecule has 0 radical (unpaired) electrons. The topological polar surface area (TPSA) is 71.8 Å². The fourth-order valence-corrected chi connectivity index (χ4v) is 6.12. The van der Waals surface area contributed by atoms with Crippen molar-refractivity contribution in [3.8, 4) is 28.3 Å². The average Bonchev–Trinajstić information content (AvgIpc) is 3.54. The Labute approximate surface area is 269 Å². The molecule has 0 aliphatic carbocycles. The first-order chi connectivity index (χ1) is 21.4. The van der Waals surface area contributed by atoms with E-state index in [9.17, 15) is 18.0 Å². The monoisotopic (exact) mass is 651 g/mol. The molecule has 12 heteroatoms. The van der Waals surface area contributed by atoms with Gasteiger partial charge in [0, 0.05) is 24.7 Å². The molecule has 1 aromatic heterocycles. The van der Waals surface area contributed by atoms with Gasteiger partial charge in [0.05, 0.1) is 22.8 Å². The van der Waals surface area contributed by atoms with Crippen molar-refractivity contribution < 1.29 is 22.7 Å². The number of aryl methyl sites for hydroxylation is 2. The Morgan fingerprint density at radius 2 is 1.76 bits per heavy atom. The van der Waals surface area contributed by atoms with Gasteiger partial charge in [-0.05, 0) is 84.6 Å². The van der Waals surface area contributed by atoms with E-state index >= 15 is 0 Å². The van der Waals surface area contributed by atoms with Gasteiger partial charge in [0.1, 0.15) is 5.75 Å². The highest BCUT2D eigenvalue weighted by Crippen LogP contribution is 2.34. The van der Waals surface area contributed by atoms with Crippen LogP contribution in [0.25, 0.3) is 22.5 Å². The van der Waals surface area contributed by atoms with Crippen molar-refractivity contribution in [1.29, 1.82) is 0 Å². The van der Waals surface area contributed by atoms with Crippen LogP contribution in [0.4, 0.5) is 18.9 Å². The molecule has 1 saturated heterocycles. The first-order valence-electron chi connectivity index (χ1n) is 14.3. The number of nitrogens with zero attached hydrogens (tertiary/aromatic N) is 4. The van der Waals surface area contributed by atoms with Crippen molar-refractivity contribution in [3.05, 3.63) is 89.5 Å². The van der Waals surface area contributed by atoms with Gasteiger partial charge in [-0.1, -0.05) is 62.0 Å². The lowest BCUT2D eigenvalue weighted by Crippen LogP contribution is -2.32. The maximum absolute atomic E-state index is 12.8. The van der Waals surface area contributed by atoms with Crippen molar-refractivity contribution in [3.63, 3.8) is 0 Å². The Hall–Kier alpha value is -4.16. The van der Waals surface area contributed by atoms with Crippen LogP contribution in [0.3, 0.4) is 0 Å². The zero-order valence-corrected chi connectivity index (χ0v) is 26.8. The van der Waals surface area contributed by atoms with Crippen LogP contribution in [0.2, 0.25) is 0 Å². The molecule has 1 aliphatic rings. The largest absolute Gasteiger partial charge is 0.573 e. The molecule has 1 aliphatic heterocycles. The number of carbonyl (C=O) groups is 1. The third-order valence-corrected chi connectivity index (χ3v) is 8.37. The highest BCUT2D eigenvalue weighted by molar-refractivity contribution is 8.15. The number of ether oxygens (including phenoxy) is 1. The number of anilines is 1. The number of rotatable bonds is 8. The molecule has 0 spiro atoms. The van der Waals surface area contributed by atoms with Crippen LogP contribution in [-0.2, 0) is 18.3 Å². The number of thiocarbonyl (C=S) groups is 1. The summed E-state index contributed by atoms with van der Waals surface area (Å²) in [5.74, 6) is 0.283. The zero-order chi connectivity index (χ0) is 32.3. The maximum Gasteiger partial charge on any atom is 0.573 e. The predicted octanol–water partition coefficient (Wildman–Crippen LogP) is 7.64. The van der Waals surface area contributed by atoms with Crippen molar-refractivity contribution in [2.24, 2.45) is 12.0 Å². The molecule has 4 aromatic rings. The smallest absolute Gasteiger partial charge is 0.406 e. The van der Waals surface area contributed by atoms with Gasteiger partial charge in [-0.3, -0.25) is 14.4 Å². The average molecular weight is 652 g/mol. The summed E-state index contributed by atoms with van der Waals surface area (Å²) in [6.07, 6.45) is -4.03. The summed E-state index contributed by atoms with van der Waals surface area (Å²) in [6.45, 7) is 6.78. The summed E-state index contributed by atoms with van der Waals surface area (Å²) in [7, 11) is 1.79. The summed E-state index contributed by atoms with van der Waals surface area (Å²) in [4.78, 5) is 19.1. The summed E-state index contributed by atoms with van der Waals surface area (Å²) in [6, 6.07) is 21.7. The molecule has 1 fully saturated rings. The number of carbonyl (C=O) groups excluding carboxylic acids is 1. The molecular weight excluding hydrogens is 620 g/mol. The number of aliphatic imine (C=N–C) groups is 1. The number of hydrogen-bond donors (Lipinski definition) is 1. The highest BCUT2D eigenvalue weighted by atomic mass is 32.2. The lowest BCUT2D eigenvalue weighted by atomic mass is 9.99. The number of nitrogens with one attached hydrogen (secondary N) is 1. The Bertz CT molecular complexity index is 1730. The molecule has 234 valence electrons. The van der Waals surface area contributed by atoms with E-state index in [1.807, 2.05) is 43.3 Å². The zero-order valence-electron chi connectivity index (χ0n) is 25.2. The molecular formula is C33H32F3N5O2S2. The van der Waals surface area contributed by atoms with Gasteiger partial charge >= 0.3 is 6.36 Å². The van der Waals surface area contributed by atoms with E-state index in [1.54, 1.807) is 28.8 Å². The molecule has 0 unspecified atom stereocenters. The van der Waals surface area contributed by atoms with E-state index in [0.29, 0.717) is 29.0 Å². The second-order valence-corrected chi connectivity index (χ2v) is 12.2. The highest BCUT2D eigenvalue weighted by Gasteiger charge is 2.32. The van der Waals surface area contributed by atoms with Crippen molar-refractivity contribution >= 4 is 45.9 Å². The number of hydrogen-bond acceptors (Lipinski definition) is 5. The van der Waals surface area contributed by atoms with Gasteiger partial charge in [-0.2, -0.15) is 10.1 Å². The van der Waals surface area contributed by atoms with Gasteiger partial charge in [0.2, 0.25) is 5.91 Å². The van der Waals surface area contributed by atoms with Crippen molar-refractivity contribution in [1.82, 2.24) is 15.1 Å². The van der Waals surface area contributed by atoms with Gasteiger partial charge in [-0.15, -0.1) is 13.2 Å². The number of halogens is 3. The summed E-state index contributed by atoms with van der Waals surface area (Å²) < 4.78 is 43.1. The molecule has 3 aromatic carbocycles. The number of benzene rings is 3. The normalized spacial score (nSPS) is 14.4. The van der Waals surface area contributed by atoms with E-state index in [-0.39, 0.29) is 17.6 Å². The maximum atomic E-state index is 12.8. The fourth-order valence-electron chi connectivity index (χ4n) is 5.01. The Kier molecular flexibility index (Phi) is 9.64. The Morgan fingerprint density at radius 1 is 1.07 bits per heavy atom. The molecule has 1 N–H and O–H groups in total. The Balaban J connectivity index is 1.19. The minimum Gasteiger partial charge on any atom is -0.406 e. The number of amidine groups is 1. The molecule has 45 heavy (non-hydrogen) atoms. The number of amides is 1. The van der Waals surface area contributed by atoms with Crippen LogP contribution in [0, 0.1) is 6.92 Å². The van der Waals surface area contributed by atoms with E-state index in [4.69, 9.17) is 12.2 Å². The molecule has 0 saturated carbocycles. The first kappa shape index (κ1) is 32.2. The SMILES string of the molecule is Cc1ccc(C(C)C)c(N2C(=O)CSC2=NC(=S)NCCc2ccc(-c3cc(-c4ccc(OC(F)(F)F)cc4)n(C)n3)cc2)c1. The van der Waals surface area contributed by atoms with Crippen LogP contribution in [0.15, 0.2) is 77.8 Å². The molecule has 0 bridgehead atoms. The van der Waals surface area contributed by atoms with Gasteiger partial charge in [0.25, 0.3) is 0 Å². The minimum absolute atomic E-state index is 0.0115. The molecule has 1 amide bonds. The number of aromatic nitrogens is 2. The predicted molar refractivity (Wildman–Crippen MR) is 178 cm³/mol. The molecule has 5 rings (SSSR count). The lowest BCUT2D eigenvalue weighted by Gasteiger charge is -2.22. The third-order valence-electron chi connectivity index (χ3n) is 7.21. The van der Waals surface area contributed by atoms with E-state index < -0.39 is 6.36 Å². The summed E-state index contributed by atoms with van der Waals surface area (Å²) in [5, 5.41) is 8.68. The fraction of sp³-hybridized carbons (Fsp3) is 0.273.